The van der Waals surface area contributed by atoms with Gasteiger partial charge in [-0.1, -0.05) is 0 Å². The monoisotopic (exact) mass is 429 g/mol. The Hall–Kier alpha value is -3.02. The third-order valence-corrected chi connectivity index (χ3v) is 4.47. The summed E-state index contributed by atoms with van der Waals surface area (Å²) >= 11 is 0. The fourth-order valence-corrected chi connectivity index (χ4v) is 3.11. The van der Waals surface area contributed by atoms with Crippen molar-refractivity contribution in [3.63, 3.8) is 0 Å². The summed E-state index contributed by atoms with van der Waals surface area (Å²) in [5, 5.41) is 8.07. The number of benzene rings is 1. The molecule has 9 nitrogen and oxygen atoms in total. The number of nitrogens with one attached hydrogen (secondary N) is 3. The Morgan fingerprint density at radius 1 is 1.20 bits per heavy atom. The van der Waals surface area contributed by atoms with Gasteiger partial charge >= 0.3 is 6.18 Å². The molecule has 1 aliphatic rings. The molecule has 1 saturated heterocycles. The molecule has 166 valence electrons. The van der Waals surface area contributed by atoms with E-state index in [2.05, 4.69) is 20.9 Å². The average molecular weight is 429 g/mol. The lowest BCUT2D eigenvalue weighted by Crippen LogP contribution is -2.44. The number of amides is 2. The molecule has 30 heavy (non-hydrogen) atoms. The van der Waals surface area contributed by atoms with Gasteiger partial charge in [-0.15, -0.1) is 0 Å². The Balaban J connectivity index is 2.27. The van der Waals surface area contributed by atoms with Crippen molar-refractivity contribution < 1.29 is 22.8 Å². The molecule has 1 aliphatic heterocycles. The van der Waals surface area contributed by atoms with Crippen LogP contribution in [-0.2, 0) is 15.8 Å². The number of piperazine rings is 1. The van der Waals surface area contributed by atoms with Crippen LogP contribution in [0.15, 0.2) is 17.1 Å². The van der Waals surface area contributed by atoms with Crippen molar-refractivity contribution in [2.45, 2.75) is 25.4 Å². The Bertz CT molecular complexity index is 774. The number of carbonyl (C=O) groups excluding carboxylic acids is 2. The van der Waals surface area contributed by atoms with E-state index in [-0.39, 0.29) is 23.8 Å². The summed E-state index contributed by atoms with van der Waals surface area (Å²) in [5.41, 5.74) is 9.84. The molecule has 1 aromatic rings. The minimum Gasteiger partial charge on any atom is -0.370 e. The second kappa shape index (κ2) is 10.7. The largest absolute Gasteiger partial charge is 0.416 e. The minimum atomic E-state index is -4.64. The normalized spacial score (nSPS) is 14.2. The number of aliphatic imine (C=N–C) groups is 1. The molecular weight excluding hydrogens is 403 g/mol. The Morgan fingerprint density at radius 2 is 1.87 bits per heavy atom. The number of nitrogens with zero attached hydrogens (tertiary/aromatic N) is 2. The fourth-order valence-electron chi connectivity index (χ4n) is 3.11. The molecule has 1 aromatic carbocycles. The number of guanidine groups is 1. The smallest absolute Gasteiger partial charge is 0.370 e. The van der Waals surface area contributed by atoms with Crippen LogP contribution in [0.5, 0.6) is 0 Å². The first-order chi connectivity index (χ1) is 14.2. The Kier molecular flexibility index (Phi) is 8.27. The van der Waals surface area contributed by atoms with Crippen molar-refractivity contribution >= 4 is 35.3 Å². The summed E-state index contributed by atoms with van der Waals surface area (Å²) in [4.78, 5) is 29.0. The molecular formula is C18H26F3N7O2. The fraction of sp³-hybridized carbons (Fsp3) is 0.500. The van der Waals surface area contributed by atoms with E-state index in [1.165, 1.54) is 0 Å². The van der Waals surface area contributed by atoms with Crippen LogP contribution in [0.25, 0.3) is 0 Å². The highest BCUT2D eigenvalue weighted by Crippen LogP contribution is 2.41. The van der Waals surface area contributed by atoms with Crippen LogP contribution in [-0.4, -0.2) is 51.0 Å². The predicted molar refractivity (Wildman–Crippen MR) is 109 cm³/mol. The van der Waals surface area contributed by atoms with Gasteiger partial charge in [-0.2, -0.15) is 13.2 Å². The number of hydrogen-bond donors (Lipinski definition) is 5. The highest BCUT2D eigenvalue weighted by Gasteiger charge is 2.33. The number of alkyl halides is 3. The molecule has 0 bridgehead atoms. The SMILES string of the molecule is NC(N)=NCCCCC(=O)Nc1cc(C(F)(F)F)cc(NC=O)c1N1CCNCC1. The van der Waals surface area contributed by atoms with Crippen molar-refractivity contribution in [1.82, 2.24) is 5.32 Å². The highest BCUT2D eigenvalue weighted by atomic mass is 19.4. The van der Waals surface area contributed by atoms with E-state index >= 15 is 0 Å². The molecule has 0 saturated carbocycles. The molecule has 0 aromatic heterocycles. The van der Waals surface area contributed by atoms with Gasteiger partial charge in [-0.05, 0) is 25.0 Å². The number of carbonyl (C=O) groups is 2. The van der Waals surface area contributed by atoms with Crippen molar-refractivity contribution in [3.8, 4) is 0 Å². The summed E-state index contributed by atoms with van der Waals surface area (Å²) in [6.45, 7) is 2.64. The molecule has 1 fully saturated rings. The van der Waals surface area contributed by atoms with E-state index in [9.17, 15) is 22.8 Å². The molecule has 12 heteroatoms. The van der Waals surface area contributed by atoms with Gasteiger partial charge < -0.3 is 32.3 Å². The lowest BCUT2D eigenvalue weighted by molar-refractivity contribution is -0.137. The maximum atomic E-state index is 13.4. The quantitative estimate of drug-likeness (QED) is 0.172. The van der Waals surface area contributed by atoms with E-state index in [0.29, 0.717) is 57.7 Å². The summed E-state index contributed by atoms with van der Waals surface area (Å²) in [5.74, 6) is -0.480. The van der Waals surface area contributed by atoms with E-state index in [1.807, 2.05) is 4.90 Å². The molecule has 7 N–H and O–H groups in total. The number of rotatable bonds is 9. The number of unbranched alkanes of at least 4 members (excludes halogenated alkanes) is 1. The van der Waals surface area contributed by atoms with Crippen LogP contribution in [0.3, 0.4) is 0 Å². The zero-order valence-electron chi connectivity index (χ0n) is 16.4. The predicted octanol–water partition coefficient (Wildman–Crippen LogP) is 1.07. The van der Waals surface area contributed by atoms with Crippen LogP contribution >= 0.6 is 0 Å². The van der Waals surface area contributed by atoms with E-state index in [0.717, 1.165) is 12.1 Å². The number of halogens is 3. The standard InChI is InChI=1S/C18H26F3N7O2/c19-18(20,21)12-9-13(26-11-29)16(28-7-5-24-6-8-28)14(10-12)27-15(30)3-1-2-4-25-17(22)23/h9-11,24H,1-8H2,(H,26,29)(H,27,30)(H4,22,23,25). The van der Waals surface area contributed by atoms with Crippen LogP contribution in [0.1, 0.15) is 24.8 Å². The van der Waals surface area contributed by atoms with Crippen molar-refractivity contribution in [1.29, 1.82) is 0 Å². The summed E-state index contributed by atoms with van der Waals surface area (Å²) < 4.78 is 40.1. The Labute approximate surface area is 172 Å². The first kappa shape index (κ1) is 23.3. The van der Waals surface area contributed by atoms with Gasteiger partial charge in [0.1, 0.15) is 0 Å². The van der Waals surface area contributed by atoms with Gasteiger partial charge in [0.2, 0.25) is 12.3 Å². The van der Waals surface area contributed by atoms with Gasteiger partial charge in [0.25, 0.3) is 0 Å². The summed E-state index contributed by atoms with van der Waals surface area (Å²) in [6.07, 6.45) is -3.22. The minimum absolute atomic E-state index is 0.00491. The van der Waals surface area contributed by atoms with Gasteiger partial charge in [0, 0.05) is 39.1 Å². The van der Waals surface area contributed by atoms with Gasteiger partial charge in [0.15, 0.2) is 5.96 Å². The molecule has 0 spiro atoms. The van der Waals surface area contributed by atoms with Crippen LogP contribution in [0.4, 0.5) is 30.2 Å². The molecule has 0 radical (unpaired) electrons. The third-order valence-electron chi connectivity index (χ3n) is 4.47. The molecule has 0 atom stereocenters. The maximum absolute atomic E-state index is 13.4. The molecule has 0 unspecified atom stereocenters. The van der Waals surface area contributed by atoms with Crippen LogP contribution in [0.2, 0.25) is 0 Å². The molecule has 2 rings (SSSR count). The first-order valence-corrected chi connectivity index (χ1v) is 9.48. The number of anilines is 3. The van der Waals surface area contributed by atoms with Crippen LogP contribution in [0, 0.1) is 0 Å². The summed E-state index contributed by atoms with van der Waals surface area (Å²) in [6, 6.07) is 1.77. The van der Waals surface area contributed by atoms with Crippen molar-refractivity contribution in [2.75, 3.05) is 48.3 Å². The topological polar surface area (TPSA) is 138 Å². The molecule has 1 heterocycles. The van der Waals surface area contributed by atoms with Gasteiger partial charge in [-0.25, -0.2) is 0 Å². The van der Waals surface area contributed by atoms with Gasteiger partial charge in [-0.3, -0.25) is 14.6 Å². The number of nitrogens with two attached hydrogens (primary N) is 2. The third kappa shape index (κ3) is 6.79. The first-order valence-electron chi connectivity index (χ1n) is 9.48. The average Bonchev–Trinajstić information content (AvgIpc) is 2.67. The van der Waals surface area contributed by atoms with Crippen molar-refractivity contribution in [3.05, 3.63) is 17.7 Å². The van der Waals surface area contributed by atoms with Crippen LogP contribution < -0.4 is 32.3 Å². The van der Waals surface area contributed by atoms with Gasteiger partial charge in [0.05, 0.1) is 22.6 Å². The van der Waals surface area contributed by atoms with Crippen molar-refractivity contribution in [2.24, 2.45) is 16.5 Å². The highest BCUT2D eigenvalue weighted by molar-refractivity contribution is 5.99. The zero-order valence-corrected chi connectivity index (χ0v) is 16.4. The zero-order chi connectivity index (χ0) is 22.1. The summed E-state index contributed by atoms with van der Waals surface area (Å²) in [7, 11) is 0. The van der Waals surface area contributed by atoms with E-state index < -0.39 is 17.6 Å². The van der Waals surface area contributed by atoms with E-state index in [1.54, 1.807) is 0 Å². The molecule has 0 aliphatic carbocycles. The Morgan fingerprint density at radius 3 is 2.47 bits per heavy atom. The second-order valence-electron chi connectivity index (χ2n) is 6.73. The lowest BCUT2D eigenvalue weighted by atomic mass is 10.1. The maximum Gasteiger partial charge on any atom is 0.416 e. The molecule has 2 amide bonds. The van der Waals surface area contributed by atoms with E-state index in [4.69, 9.17) is 11.5 Å². The second-order valence-corrected chi connectivity index (χ2v) is 6.73. The number of hydrogen-bond acceptors (Lipinski definition) is 5. The lowest BCUT2D eigenvalue weighted by Gasteiger charge is -2.33.